The third-order valence-electron chi connectivity index (χ3n) is 5.01. The van der Waals surface area contributed by atoms with Gasteiger partial charge in [-0.15, -0.1) is 0 Å². The van der Waals surface area contributed by atoms with E-state index in [1.165, 1.54) is 0 Å². The number of pyridine rings is 1. The van der Waals surface area contributed by atoms with Gasteiger partial charge in [-0.3, -0.25) is 9.99 Å². The molecule has 0 atom stereocenters. The fraction of sp³-hybridized carbons (Fsp3) is 0.0870. The Morgan fingerprint density at radius 1 is 0.964 bits per heavy atom. The van der Waals surface area contributed by atoms with Crippen LogP contribution in [0.15, 0.2) is 83.7 Å². The molecule has 0 bridgehead atoms. The van der Waals surface area contributed by atoms with Crippen LogP contribution in [0.3, 0.4) is 0 Å². The van der Waals surface area contributed by atoms with Crippen LogP contribution >= 0.6 is 0 Å². The standard InChI is InChI=1S/C23H16N4O/c24-12-16-6-1-3-9-21(16)27-14-19(17-7-5-11-25-13-17)20-15-28-22-10-4-2-8-18(22)23(20)26-27/h1-11,13H,14-15H2. The third-order valence-corrected chi connectivity index (χ3v) is 5.01. The number of rotatable bonds is 2. The minimum Gasteiger partial charge on any atom is -0.488 e. The van der Waals surface area contributed by atoms with Gasteiger partial charge in [0.05, 0.1) is 17.8 Å². The zero-order chi connectivity index (χ0) is 18.9. The van der Waals surface area contributed by atoms with Gasteiger partial charge in [0.1, 0.15) is 24.1 Å². The molecule has 2 aliphatic heterocycles. The van der Waals surface area contributed by atoms with Gasteiger partial charge in [0.25, 0.3) is 0 Å². The normalized spacial score (nSPS) is 15.1. The van der Waals surface area contributed by atoms with E-state index in [0.717, 1.165) is 39.4 Å². The Morgan fingerprint density at radius 3 is 2.68 bits per heavy atom. The molecule has 0 radical (unpaired) electrons. The molecule has 5 rings (SSSR count). The van der Waals surface area contributed by atoms with Crippen molar-refractivity contribution in [2.75, 3.05) is 18.2 Å². The number of nitrogens with zero attached hydrogens (tertiary/aromatic N) is 4. The Balaban J connectivity index is 1.72. The molecule has 28 heavy (non-hydrogen) atoms. The van der Waals surface area contributed by atoms with Gasteiger partial charge in [0.2, 0.25) is 0 Å². The molecular formula is C23H16N4O. The molecule has 2 aromatic carbocycles. The van der Waals surface area contributed by atoms with Gasteiger partial charge in [-0.25, -0.2) is 0 Å². The molecule has 0 aliphatic carbocycles. The Kier molecular flexibility index (Phi) is 3.88. The minimum absolute atomic E-state index is 0.466. The summed E-state index contributed by atoms with van der Waals surface area (Å²) in [5.41, 5.74) is 6.46. The summed E-state index contributed by atoms with van der Waals surface area (Å²) in [6.07, 6.45) is 3.63. The third kappa shape index (κ3) is 2.63. The van der Waals surface area contributed by atoms with Gasteiger partial charge in [0, 0.05) is 23.5 Å². The van der Waals surface area contributed by atoms with Gasteiger partial charge in [0.15, 0.2) is 0 Å². The van der Waals surface area contributed by atoms with Crippen molar-refractivity contribution >= 4 is 17.0 Å². The number of ether oxygens (including phenoxy) is 1. The summed E-state index contributed by atoms with van der Waals surface area (Å²) >= 11 is 0. The number of anilines is 1. The number of para-hydroxylation sites is 2. The quantitative estimate of drug-likeness (QED) is 0.689. The summed E-state index contributed by atoms with van der Waals surface area (Å²) in [5.74, 6) is 0.825. The van der Waals surface area contributed by atoms with E-state index in [4.69, 9.17) is 9.84 Å². The largest absolute Gasteiger partial charge is 0.488 e. The van der Waals surface area contributed by atoms with Crippen LogP contribution in [0.2, 0.25) is 0 Å². The average Bonchev–Trinajstić information content (AvgIpc) is 2.78. The summed E-state index contributed by atoms with van der Waals surface area (Å²) in [6, 6.07) is 21.7. The number of benzene rings is 2. The van der Waals surface area contributed by atoms with Crippen molar-refractivity contribution in [2.45, 2.75) is 0 Å². The van der Waals surface area contributed by atoms with Crippen LogP contribution < -0.4 is 9.75 Å². The monoisotopic (exact) mass is 364 g/mol. The fourth-order valence-corrected chi connectivity index (χ4v) is 3.65. The highest BCUT2D eigenvalue weighted by molar-refractivity contribution is 6.20. The summed E-state index contributed by atoms with van der Waals surface area (Å²) in [7, 11) is 0. The number of hydrogen-bond acceptors (Lipinski definition) is 5. The zero-order valence-electron chi connectivity index (χ0n) is 15.0. The van der Waals surface area contributed by atoms with E-state index in [0.29, 0.717) is 18.7 Å². The predicted molar refractivity (Wildman–Crippen MR) is 108 cm³/mol. The minimum atomic E-state index is 0.466. The van der Waals surface area contributed by atoms with Gasteiger partial charge in [-0.2, -0.15) is 10.4 Å². The van der Waals surface area contributed by atoms with Crippen LogP contribution in [0.5, 0.6) is 5.75 Å². The van der Waals surface area contributed by atoms with E-state index in [9.17, 15) is 5.26 Å². The Labute approximate surface area is 162 Å². The van der Waals surface area contributed by atoms with E-state index in [-0.39, 0.29) is 0 Å². The number of hydrazone groups is 1. The van der Waals surface area contributed by atoms with E-state index in [2.05, 4.69) is 11.1 Å². The molecular weight excluding hydrogens is 348 g/mol. The van der Waals surface area contributed by atoms with E-state index in [1.54, 1.807) is 6.20 Å². The molecule has 0 saturated carbocycles. The molecule has 0 fully saturated rings. The molecule has 0 unspecified atom stereocenters. The first-order valence-corrected chi connectivity index (χ1v) is 9.05. The second-order valence-electron chi connectivity index (χ2n) is 6.62. The fourth-order valence-electron chi connectivity index (χ4n) is 3.65. The number of fused-ring (bicyclic) bond motifs is 3. The van der Waals surface area contributed by atoms with Crippen LogP contribution in [0.25, 0.3) is 5.57 Å². The molecule has 3 heterocycles. The molecule has 5 heteroatoms. The molecule has 0 spiro atoms. The van der Waals surface area contributed by atoms with Crippen molar-refractivity contribution < 1.29 is 4.74 Å². The van der Waals surface area contributed by atoms with Gasteiger partial charge >= 0.3 is 0 Å². The lowest BCUT2D eigenvalue weighted by Crippen LogP contribution is -2.33. The highest BCUT2D eigenvalue weighted by atomic mass is 16.5. The molecule has 2 aliphatic rings. The molecule has 0 amide bonds. The van der Waals surface area contributed by atoms with Crippen LogP contribution in [0, 0.1) is 11.3 Å². The first kappa shape index (κ1) is 16.3. The summed E-state index contributed by atoms with van der Waals surface area (Å²) in [6.45, 7) is 1.02. The molecule has 134 valence electrons. The second kappa shape index (κ2) is 6.67. The molecule has 3 aromatic rings. The van der Waals surface area contributed by atoms with Crippen molar-refractivity contribution in [3.05, 3.63) is 95.3 Å². The second-order valence-corrected chi connectivity index (χ2v) is 6.62. The Bertz CT molecular complexity index is 1160. The van der Waals surface area contributed by atoms with Gasteiger partial charge in [-0.05, 0) is 41.5 Å². The van der Waals surface area contributed by atoms with Crippen molar-refractivity contribution in [1.82, 2.24) is 4.98 Å². The van der Waals surface area contributed by atoms with Crippen molar-refractivity contribution in [2.24, 2.45) is 5.10 Å². The Morgan fingerprint density at radius 2 is 1.82 bits per heavy atom. The van der Waals surface area contributed by atoms with Gasteiger partial charge < -0.3 is 4.74 Å². The number of nitriles is 1. The van der Waals surface area contributed by atoms with Crippen molar-refractivity contribution in [3.63, 3.8) is 0 Å². The first-order valence-electron chi connectivity index (χ1n) is 9.05. The van der Waals surface area contributed by atoms with Crippen LogP contribution in [-0.2, 0) is 0 Å². The molecule has 5 nitrogen and oxygen atoms in total. The molecule has 1 aromatic heterocycles. The molecule has 0 N–H and O–H groups in total. The van der Waals surface area contributed by atoms with Crippen LogP contribution in [0.1, 0.15) is 16.7 Å². The highest BCUT2D eigenvalue weighted by Crippen LogP contribution is 2.36. The van der Waals surface area contributed by atoms with Crippen LogP contribution in [0.4, 0.5) is 5.69 Å². The van der Waals surface area contributed by atoms with E-state index < -0.39 is 0 Å². The maximum Gasteiger partial charge on any atom is 0.129 e. The number of aromatic nitrogens is 1. The van der Waals surface area contributed by atoms with Crippen LogP contribution in [-0.4, -0.2) is 23.8 Å². The lowest BCUT2D eigenvalue weighted by molar-refractivity contribution is 0.351. The predicted octanol–water partition coefficient (Wildman–Crippen LogP) is 4.02. The topological polar surface area (TPSA) is 61.5 Å². The molecule has 0 saturated heterocycles. The van der Waals surface area contributed by atoms with E-state index >= 15 is 0 Å². The summed E-state index contributed by atoms with van der Waals surface area (Å²) < 4.78 is 6.00. The lowest BCUT2D eigenvalue weighted by Gasteiger charge is -2.33. The van der Waals surface area contributed by atoms with Crippen molar-refractivity contribution in [1.29, 1.82) is 5.26 Å². The zero-order valence-corrected chi connectivity index (χ0v) is 15.0. The summed E-state index contributed by atoms with van der Waals surface area (Å²) in [4.78, 5) is 4.29. The SMILES string of the molecule is N#Cc1ccccc1N1CC(c2cccnc2)=C2COc3ccccc3C2=N1. The Hall–Kier alpha value is -3.91. The maximum atomic E-state index is 9.56. The van der Waals surface area contributed by atoms with Crippen molar-refractivity contribution in [3.8, 4) is 11.8 Å². The smallest absolute Gasteiger partial charge is 0.129 e. The lowest BCUT2D eigenvalue weighted by atomic mass is 9.91. The number of hydrogen-bond donors (Lipinski definition) is 0. The highest BCUT2D eigenvalue weighted by Gasteiger charge is 2.30. The first-order chi connectivity index (χ1) is 13.8. The summed E-state index contributed by atoms with van der Waals surface area (Å²) in [5, 5.41) is 16.4. The maximum absolute atomic E-state index is 9.56. The average molecular weight is 364 g/mol. The van der Waals surface area contributed by atoms with E-state index in [1.807, 2.05) is 71.9 Å². The van der Waals surface area contributed by atoms with Gasteiger partial charge in [-0.1, -0.05) is 30.3 Å².